The number of fused-ring (bicyclic) bond motifs is 1. The number of benzene rings is 1. The van der Waals surface area contributed by atoms with Gasteiger partial charge in [-0.2, -0.15) is 0 Å². The average molecular weight is 286 g/mol. The summed E-state index contributed by atoms with van der Waals surface area (Å²) in [5.74, 6) is -0.182. The fraction of sp³-hybridized carbons (Fsp3) is 0.200. The predicted molar refractivity (Wildman–Crippen MR) is 64.3 cm³/mol. The van der Waals surface area contributed by atoms with E-state index in [9.17, 15) is 9.18 Å². The van der Waals surface area contributed by atoms with E-state index in [0.29, 0.717) is 15.9 Å². The fourth-order valence-corrected chi connectivity index (χ4v) is 1.81. The van der Waals surface area contributed by atoms with Crippen LogP contribution in [-0.2, 0) is 0 Å². The zero-order chi connectivity index (χ0) is 11.9. The van der Waals surface area contributed by atoms with Crippen LogP contribution in [0, 0.1) is 5.82 Å². The largest absolute Gasteiger partial charge is 0.348 e. The number of aromatic nitrogens is 2. The number of aromatic amines is 1. The lowest BCUT2D eigenvalue weighted by atomic mass is 10.2. The van der Waals surface area contributed by atoms with Crippen LogP contribution >= 0.6 is 15.9 Å². The summed E-state index contributed by atoms with van der Waals surface area (Å²) in [6.07, 6.45) is 0. The van der Waals surface area contributed by atoms with Crippen molar-refractivity contribution in [3.05, 3.63) is 32.8 Å². The number of hydrogen-bond donors (Lipinski definition) is 1. The summed E-state index contributed by atoms with van der Waals surface area (Å²) in [4.78, 5) is 20.0. The molecule has 0 spiro atoms. The Hall–Kier alpha value is -1.43. The highest BCUT2D eigenvalue weighted by atomic mass is 79.9. The molecule has 6 heteroatoms. The standard InChI is InChI=1S/C10H9BrFN3O/c1-15(2)10-13-7-4-5(11)3-6(12)8(7)9(16)14-10/h3-4H,1-2H3,(H,13,14,16). The van der Waals surface area contributed by atoms with Gasteiger partial charge in [0.05, 0.1) is 5.52 Å². The molecule has 4 nitrogen and oxygen atoms in total. The SMILES string of the molecule is CN(C)c1nc2cc(Br)cc(F)c2c(=O)[nH]1. The second kappa shape index (κ2) is 3.86. The molecular weight excluding hydrogens is 277 g/mol. The third-order valence-corrected chi connectivity index (χ3v) is 2.59. The number of anilines is 1. The third-order valence-electron chi connectivity index (χ3n) is 2.14. The number of hydrogen-bond acceptors (Lipinski definition) is 3. The van der Waals surface area contributed by atoms with E-state index in [0.717, 1.165) is 0 Å². The Bertz CT molecular complexity index is 609. The van der Waals surface area contributed by atoms with E-state index in [1.54, 1.807) is 25.1 Å². The molecule has 84 valence electrons. The van der Waals surface area contributed by atoms with Gasteiger partial charge in [-0.25, -0.2) is 9.37 Å². The molecule has 1 heterocycles. The smallest absolute Gasteiger partial charge is 0.263 e. The van der Waals surface area contributed by atoms with Gasteiger partial charge < -0.3 is 4.90 Å². The second-order valence-corrected chi connectivity index (χ2v) is 4.48. The summed E-state index contributed by atoms with van der Waals surface area (Å²) in [6.45, 7) is 0. The molecule has 1 aromatic heterocycles. The highest BCUT2D eigenvalue weighted by Crippen LogP contribution is 2.20. The number of H-pyrrole nitrogens is 1. The molecule has 0 unspecified atom stereocenters. The van der Waals surface area contributed by atoms with Crippen molar-refractivity contribution in [2.75, 3.05) is 19.0 Å². The molecule has 0 aliphatic rings. The van der Waals surface area contributed by atoms with Crippen molar-refractivity contribution in [1.29, 1.82) is 0 Å². The topological polar surface area (TPSA) is 49.0 Å². The maximum atomic E-state index is 13.5. The molecule has 0 fully saturated rings. The minimum atomic E-state index is -0.580. The number of nitrogens with zero attached hydrogens (tertiary/aromatic N) is 2. The summed E-state index contributed by atoms with van der Waals surface area (Å²) in [5, 5.41) is -0.0196. The lowest BCUT2D eigenvalue weighted by Gasteiger charge is -2.11. The monoisotopic (exact) mass is 285 g/mol. The van der Waals surface area contributed by atoms with E-state index in [4.69, 9.17) is 0 Å². The van der Waals surface area contributed by atoms with Crippen molar-refractivity contribution in [3.8, 4) is 0 Å². The first-order chi connectivity index (χ1) is 7.49. The maximum Gasteiger partial charge on any atom is 0.263 e. The minimum Gasteiger partial charge on any atom is -0.348 e. The molecular formula is C10H9BrFN3O. The second-order valence-electron chi connectivity index (χ2n) is 3.57. The molecule has 0 radical (unpaired) electrons. The van der Waals surface area contributed by atoms with Crippen molar-refractivity contribution < 1.29 is 4.39 Å². The van der Waals surface area contributed by atoms with Gasteiger partial charge in [0.15, 0.2) is 0 Å². The summed E-state index contributed by atoms with van der Waals surface area (Å²) >= 11 is 3.16. The molecule has 0 atom stereocenters. The molecule has 0 amide bonds. The van der Waals surface area contributed by atoms with Crippen LogP contribution in [0.15, 0.2) is 21.4 Å². The molecule has 1 aromatic carbocycles. The van der Waals surface area contributed by atoms with E-state index in [-0.39, 0.29) is 5.39 Å². The van der Waals surface area contributed by atoms with Gasteiger partial charge in [0, 0.05) is 18.6 Å². The quantitative estimate of drug-likeness (QED) is 0.871. The molecule has 2 rings (SSSR count). The van der Waals surface area contributed by atoms with Crippen molar-refractivity contribution in [2.24, 2.45) is 0 Å². The maximum absolute atomic E-state index is 13.5. The van der Waals surface area contributed by atoms with E-state index >= 15 is 0 Å². The Balaban J connectivity index is 2.87. The van der Waals surface area contributed by atoms with Crippen LogP contribution in [0.2, 0.25) is 0 Å². The molecule has 2 aromatic rings. The fourth-order valence-electron chi connectivity index (χ4n) is 1.39. The zero-order valence-electron chi connectivity index (χ0n) is 8.71. The van der Waals surface area contributed by atoms with Crippen LogP contribution in [0.4, 0.5) is 10.3 Å². The van der Waals surface area contributed by atoms with Crippen LogP contribution < -0.4 is 10.5 Å². The number of rotatable bonds is 1. The van der Waals surface area contributed by atoms with Gasteiger partial charge in [-0.3, -0.25) is 9.78 Å². The minimum absolute atomic E-state index is 0.0196. The Labute approximate surface area is 99.2 Å². The van der Waals surface area contributed by atoms with Crippen molar-refractivity contribution in [1.82, 2.24) is 9.97 Å². The van der Waals surface area contributed by atoms with Gasteiger partial charge in [-0.1, -0.05) is 15.9 Å². The normalized spacial score (nSPS) is 10.8. The predicted octanol–water partition coefficient (Wildman–Crippen LogP) is 1.89. The van der Waals surface area contributed by atoms with E-state index in [1.807, 2.05) is 0 Å². The lowest BCUT2D eigenvalue weighted by molar-refractivity contribution is 0.637. The van der Waals surface area contributed by atoms with E-state index < -0.39 is 11.4 Å². The van der Waals surface area contributed by atoms with Crippen molar-refractivity contribution in [2.45, 2.75) is 0 Å². The molecule has 0 saturated carbocycles. The van der Waals surface area contributed by atoms with Crippen LogP contribution in [0.5, 0.6) is 0 Å². The Kier molecular flexibility index (Phi) is 2.67. The van der Waals surface area contributed by atoms with Gasteiger partial charge in [0.1, 0.15) is 11.2 Å². The number of nitrogens with one attached hydrogen (secondary N) is 1. The summed E-state index contributed by atoms with van der Waals surface area (Å²) < 4.78 is 14.1. The molecule has 0 aliphatic carbocycles. The van der Waals surface area contributed by atoms with Crippen LogP contribution in [0.1, 0.15) is 0 Å². The first-order valence-corrected chi connectivity index (χ1v) is 5.35. The first-order valence-electron chi connectivity index (χ1n) is 4.55. The number of halogens is 2. The Morgan fingerprint density at radius 1 is 1.44 bits per heavy atom. The van der Waals surface area contributed by atoms with E-state index in [1.165, 1.54) is 6.07 Å². The first kappa shape index (κ1) is 11.1. The van der Waals surface area contributed by atoms with Gasteiger partial charge in [-0.05, 0) is 12.1 Å². The summed E-state index contributed by atoms with van der Waals surface area (Å²) in [6, 6.07) is 2.86. The lowest BCUT2D eigenvalue weighted by Crippen LogP contribution is -2.19. The van der Waals surface area contributed by atoms with Gasteiger partial charge in [0.2, 0.25) is 5.95 Å². The molecule has 1 N–H and O–H groups in total. The van der Waals surface area contributed by atoms with Crippen LogP contribution in [-0.4, -0.2) is 24.1 Å². The van der Waals surface area contributed by atoms with Crippen molar-refractivity contribution >= 4 is 32.8 Å². The molecule has 16 heavy (non-hydrogen) atoms. The van der Waals surface area contributed by atoms with Crippen LogP contribution in [0.25, 0.3) is 10.9 Å². The van der Waals surface area contributed by atoms with Gasteiger partial charge >= 0.3 is 0 Å². The Morgan fingerprint density at radius 2 is 2.12 bits per heavy atom. The summed E-state index contributed by atoms with van der Waals surface area (Å²) in [7, 11) is 3.50. The highest BCUT2D eigenvalue weighted by Gasteiger charge is 2.10. The molecule has 0 saturated heterocycles. The van der Waals surface area contributed by atoms with Gasteiger partial charge in [-0.15, -0.1) is 0 Å². The van der Waals surface area contributed by atoms with Gasteiger partial charge in [0.25, 0.3) is 5.56 Å². The van der Waals surface area contributed by atoms with Crippen molar-refractivity contribution in [3.63, 3.8) is 0 Å². The Morgan fingerprint density at radius 3 is 2.75 bits per heavy atom. The van der Waals surface area contributed by atoms with E-state index in [2.05, 4.69) is 25.9 Å². The molecule has 0 aliphatic heterocycles. The third kappa shape index (κ3) is 1.80. The van der Waals surface area contributed by atoms with Crippen LogP contribution in [0.3, 0.4) is 0 Å². The molecule has 0 bridgehead atoms. The highest BCUT2D eigenvalue weighted by molar-refractivity contribution is 9.10. The summed E-state index contributed by atoms with van der Waals surface area (Å²) in [5.41, 5.74) is -0.141. The zero-order valence-corrected chi connectivity index (χ0v) is 10.3. The average Bonchev–Trinajstić information content (AvgIpc) is 2.15.